The first-order valence-electron chi connectivity index (χ1n) is 29.9. The normalized spacial score (nSPS) is 14.1. The molecule has 376 valence electrons. The molecule has 0 amide bonds. The fourth-order valence-electron chi connectivity index (χ4n) is 9.98. The Morgan fingerprint density at radius 3 is 1.69 bits per heavy atom. The van der Waals surface area contributed by atoms with Gasteiger partial charge in [-0.1, -0.05) is 210 Å². The van der Waals surface area contributed by atoms with Gasteiger partial charge in [-0.3, -0.25) is 9.55 Å². The summed E-state index contributed by atoms with van der Waals surface area (Å²) >= 11 is 0. The van der Waals surface area contributed by atoms with Gasteiger partial charge in [0, 0.05) is 32.6 Å². The number of para-hydroxylation sites is 1. The van der Waals surface area contributed by atoms with Crippen molar-refractivity contribution in [2.75, 3.05) is 0 Å². The van der Waals surface area contributed by atoms with Crippen LogP contribution in [0.25, 0.3) is 95.0 Å². The van der Waals surface area contributed by atoms with Gasteiger partial charge in [0.05, 0.1) is 34.8 Å². The molecule has 0 saturated heterocycles. The Balaban J connectivity index is 1.33. The number of phenols is 1. The maximum absolute atomic E-state index is 12.9. The molecule has 0 radical (unpaired) electrons. The number of nitrogens with zero attached hydrogens (tertiary/aromatic N) is 3. The maximum Gasteiger partial charge on any atom is 0.149 e. The average Bonchev–Trinajstić information content (AvgIpc) is 2.22. The Hall–Kier alpha value is -7.82. The van der Waals surface area contributed by atoms with Crippen molar-refractivity contribution in [3.8, 4) is 89.7 Å². The van der Waals surface area contributed by atoms with Crippen molar-refractivity contribution in [1.82, 2.24) is 14.5 Å². The number of hydrogen-bond donors (Lipinski definition) is 1. The molecule has 0 unspecified atom stereocenters. The zero-order chi connectivity index (χ0) is 60.0. The highest BCUT2D eigenvalue weighted by molar-refractivity contribution is 5.99. The van der Waals surface area contributed by atoms with E-state index in [1.165, 1.54) is 5.56 Å². The van der Waals surface area contributed by atoms with Gasteiger partial charge in [-0.2, -0.15) is 0 Å². The van der Waals surface area contributed by atoms with Crippen LogP contribution in [0.15, 0.2) is 188 Å². The molecule has 1 N–H and O–H groups in total. The molecule has 8 aromatic carbocycles. The number of pyridine rings is 1. The van der Waals surface area contributed by atoms with Crippen LogP contribution >= 0.6 is 0 Å². The van der Waals surface area contributed by atoms with E-state index < -0.39 is 30.4 Å². The Kier molecular flexibility index (Phi) is 10.6. The third kappa shape index (κ3) is 10.1. The SMILES string of the molecule is [2H]c1c([2H])c([2H])c(-c2ccnc(-c3cc(-c4ccc(C(C)(C)C)cc4)cc(-c4cccc5c4nc(-c4cc(C(C)(C)C)cc(C(C)(C)C)c4O)n5-c4cc(-c5ccccc5)c(C([2H])([2H])[2H])cc4-c4ccc(C(C)(C)C)cc4)c3)c2)c([2H])c1[2H]. The zero-order valence-corrected chi connectivity index (χ0v) is 45.3. The first kappa shape index (κ1) is 41.5. The Bertz CT molecular complexity index is 4120. The number of phenolic OH excluding ortho intramolecular Hbond substituents is 1. The van der Waals surface area contributed by atoms with Crippen molar-refractivity contribution >= 4 is 11.0 Å². The molecular formula is C71H71N3O. The Labute approximate surface area is 457 Å². The van der Waals surface area contributed by atoms with Crippen LogP contribution < -0.4 is 0 Å². The van der Waals surface area contributed by atoms with Gasteiger partial charge in [0.15, 0.2) is 0 Å². The molecule has 10 aromatic rings. The van der Waals surface area contributed by atoms with Crippen molar-refractivity contribution in [1.29, 1.82) is 0 Å². The molecule has 2 aromatic heterocycles. The van der Waals surface area contributed by atoms with Crippen molar-refractivity contribution in [3.05, 3.63) is 216 Å². The summed E-state index contributed by atoms with van der Waals surface area (Å²) in [6.07, 6.45) is 1.60. The monoisotopic (exact) mass is 990 g/mol. The summed E-state index contributed by atoms with van der Waals surface area (Å²) in [5.74, 6) is 0.548. The van der Waals surface area contributed by atoms with Gasteiger partial charge in [0.25, 0.3) is 0 Å². The number of aromatic hydroxyl groups is 1. The van der Waals surface area contributed by atoms with Gasteiger partial charge in [0.2, 0.25) is 0 Å². The van der Waals surface area contributed by atoms with E-state index in [1.54, 1.807) is 18.3 Å². The number of aryl methyl sites for hydroxylation is 1. The van der Waals surface area contributed by atoms with Gasteiger partial charge >= 0.3 is 0 Å². The van der Waals surface area contributed by atoms with Crippen LogP contribution in [0.1, 0.15) is 122 Å². The third-order valence-electron chi connectivity index (χ3n) is 14.4. The van der Waals surface area contributed by atoms with Crippen LogP contribution in [0.4, 0.5) is 0 Å². The molecule has 0 aliphatic rings. The first-order valence-corrected chi connectivity index (χ1v) is 25.9. The predicted molar refractivity (Wildman–Crippen MR) is 318 cm³/mol. The fraction of sp³-hybridized carbons (Fsp3) is 0.239. The molecule has 2 heterocycles. The fourth-order valence-corrected chi connectivity index (χ4v) is 9.98. The summed E-state index contributed by atoms with van der Waals surface area (Å²) in [6, 6.07) is 48.2. The molecule has 0 bridgehead atoms. The van der Waals surface area contributed by atoms with Crippen molar-refractivity contribution in [2.45, 2.75) is 112 Å². The van der Waals surface area contributed by atoms with E-state index in [0.29, 0.717) is 56.1 Å². The summed E-state index contributed by atoms with van der Waals surface area (Å²) in [4.78, 5) is 10.6. The minimum atomic E-state index is -2.50. The smallest absolute Gasteiger partial charge is 0.149 e. The molecule has 0 spiro atoms. The lowest BCUT2D eigenvalue weighted by atomic mass is 9.79. The number of aromatic nitrogens is 3. The minimum Gasteiger partial charge on any atom is -0.507 e. The van der Waals surface area contributed by atoms with E-state index in [1.807, 2.05) is 72.8 Å². The highest BCUT2D eigenvalue weighted by Gasteiger charge is 2.30. The van der Waals surface area contributed by atoms with E-state index in [9.17, 15) is 5.11 Å². The lowest BCUT2D eigenvalue weighted by molar-refractivity contribution is 0.446. The summed E-state index contributed by atoms with van der Waals surface area (Å²) in [5.41, 5.74) is 13.5. The quantitative estimate of drug-likeness (QED) is 0.165. The number of hydrogen-bond acceptors (Lipinski definition) is 3. The molecule has 0 fully saturated rings. The lowest BCUT2D eigenvalue weighted by Crippen LogP contribution is -2.17. The van der Waals surface area contributed by atoms with Crippen LogP contribution in [0.2, 0.25) is 0 Å². The number of rotatable bonds is 8. The highest BCUT2D eigenvalue weighted by Crippen LogP contribution is 2.47. The highest BCUT2D eigenvalue weighted by atomic mass is 16.3. The minimum absolute atomic E-state index is 0.0804. The van der Waals surface area contributed by atoms with E-state index in [4.69, 9.17) is 20.9 Å². The molecule has 10 rings (SSSR count). The molecule has 4 heteroatoms. The Morgan fingerprint density at radius 2 is 1.07 bits per heavy atom. The van der Waals surface area contributed by atoms with Crippen LogP contribution in [0.3, 0.4) is 0 Å². The van der Waals surface area contributed by atoms with Gasteiger partial charge in [-0.15, -0.1) is 0 Å². The first-order chi connectivity index (χ1) is 38.8. The van der Waals surface area contributed by atoms with Crippen molar-refractivity contribution < 1.29 is 16.1 Å². The van der Waals surface area contributed by atoms with Crippen LogP contribution in [0.5, 0.6) is 5.75 Å². The molecule has 0 saturated carbocycles. The average molecular weight is 990 g/mol. The standard InChI is InChI=1S/C71H71N3O/c1-45-37-59(49-29-33-55(34-30-49)69(5,6)7)64(44-58(45)48-23-18-15-19-24-48)74-63-26-20-25-57(65(63)73-67(74)60-42-56(70(8,9)10)43-61(66(60)75)71(11,12)13)52-38-51(47-27-31-54(32-28-47)68(2,3)4)39-53(40-52)62-41-50(35-36-72-62)46-21-16-14-17-22-46/h14-44,75H,1-13H3/i1D3,14D,16D,17D,21D,22D. The van der Waals surface area contributed by atoms with Crippen molar-refractivity contribution in [2.24, 2.45) is 0 Å². The number of benzene rings is 8. The number of fused-ring (bicyclic) bond motifs is 1. The Morgan fingerprint density at radius 1 is 0.453 bits per heavy atom. The van der Waals surface area contributed by atoms with Gasteiger partial charge in [-0.25, -0.2) is 4.98 Å². The predicted octanol–water partition coefficient (Wildman–Crippen LogP) is 19.3. The molecule has 0 aliphatic heterocycles. The van der Waals surface area contributed by atoms with Crippen LogP contribution in [-0.4, -0.2) is 19.6 Å². The third-order valence-corrected chi connectivity index (χ3v) is 14.4. The van der Waals surface area contributed by atoms with Crippen molar-refractivity contribution in [3.63, 3.8) is 0 Å². The van der Waals surface area contributed by atoms with Gasteiger partial charge in [-0.05, 0) is 150 Å². The lowest BCUT2D eigenvalue weighted by Gasteiger charge is -2.28. The second-order valence-corrected chi connectivity index (χ2v) is 24.0. The van der Waals surface area contributed by atoms with E-state index in [-0.39, 0.29) is 45.2 Å². The largest absolute Gasteiger partial charge is 0.507 e. The molecule has 4 nitrogen and oxygen atoms in total. The van der Waals surface area contributed by atoms with E-state index >= 15 is 0 Å². The second-order valence-electron chi connectivity index (χ2n) is 24.0. The summed E-state index contributed by atoms with van der Waals surface area (Å²) in [5, 5.41) is 12.9. The van der Waals surface area contributed by atoms with Crippen LogP contribution in [0, 0.1) is 6.85 Å². The zero-order valence-electron chi connectivity index (χ0n) is 53.3. The topological polar surface area (TPSA) is 50.9 Å². The second kappa shape index (κ2) is 19.1. The molecule has 75 heavy (non-hydrogen) atoms. The van der Waals surface area contributed by atoms with Crippen LogP contribution in [-0.2, 0) is 21.7 Å². The van der Waals surface area contributed by atoms with Gasteiger partial charge < -0.3 is 5.11 Å². The maximum atomic E-state index is 12.9. The summed E-state index contributed by atoms with van der Waals surface area (Å²) < 4.78 is 72.2. The molecule has 0 atom stereocenters. The van der Waals surface area contributed by atoms with E-state index in [0.717, 1.165) is 50.1 Å². The molecular weight excluding hydrogens is 911 g/mol. The molecule has 0 aliphatic carbocycles. The number of imidazole rings is 1. The van der Waals surface area contributed by atoms with Gasteiger partial charge in [0.1, 0.15) is 11.6 Å². The summed E-state index contributed by atoms with van der Waals surface area (Å²) in [7, 11) is 0. The summed E-state index contributed by atoms with van der Waals surface area (Å²) in [6.45, 7) is 23.3. The van der Waals surface area contributed by atoms with E-state index in [2.05, 4.69) is 154 Å².